The Morgan fingerprint density at radius 3 is 2.18 bits per heavy atom. The first kappa shape index (κ1) is 15.7. The zero-order valence-corrected chi connectivity index (χ0v) is 10.7. The van der Waals surface area contributed by atoms with Gasteiger partial charge in [0, 0.05) is 11.8 Å². The molecule has 0 heterocycles. The van der Waals surface area contributed by atoms with Gasteiger partial charge in [-0.25, -0.2) is 8.78 Å². The molecule has 2 rings (SSSR count). The Morgan fingerprint density at radius 1 is 1.05 bits per heavy atom. The van der Waals surface area contributed by atoms with E-state index in [4.69, 9.17) is 0 Å². The number of anilines is 1. The number of benzene rings is 2. The second-order valence-corrected chi connectivity index (χ2v) is 4.31. The van der Waals surface area contributed by atoms with Crippen molar-refractivity contribution in [2.24, 2.45) is 0 Å². The summed E-state index contributed by atoms with van der Waals surface area (Å²) in [6.45, 7) is 0. The van der Waals surface area contributed by atoms with Crippen LogP contribution in [0.1, 0.15) is 15.9 Å². The van der Waals surface area contributed by atoms with Crippen molar-refractivity contribution in [3.8, 4) is 5.75 Å². The summed E-state index contributed by atoms with van der Waals surface area (Å²) in [5.74, 6) is -4.51. The molecule has 0 spiro atoms. The number of amides is 1. The molecule has 0 unspecified atom stereocenters. The molecule has 8 heteroatoms. The number of phenolic OH excluding ortho intramolecular Hbond substituents is 1. The van der Waals surface area contributed by atoms with Crippen LogP contribution in [0.2, 0.25) is 0 Å². The second-order valence-electron chi connectivity index (χ2n) is 4.31. The number of halogens is 5. The van der Waals surface area contributed by atoms with Gasteiger partial charge in [0.2, 0.25) is 0 Å². The van der Waals surface area contributed by atoms with E-state index in [0.29, 0.717) is 12.1 Å². The highest BCUT2D eigenvalue weighted by atomic mass is 19.4. The van der Waals surface area contributed by atoms with E-state index in [1.165, 1.54) is 0 Å². The fourth-order valence-electron chi connectivity index (χ4n) is 1.68. The number of hydrogen-bond acceptors (Lipinski definition) is 2. The monoisotopic (exact) mass is 317 g/mol. The van der Waals surface area contributed by atoms with Gasteiger partial charge in [-0.3, -0.25) is 4.79 Å². The average Bonchev–Trinajstić information content (AvgIpc) is 2.42. The summed E-state index contributed by atoms with van der Waals surface area (Å²) < 4.78 is 63.3. The lowest BCUT2D eigenvalue weighted by atomic mass is 10.1. The van der Waals surface area contributed by atoms with Crippen LogP contribution in [0.4, 0.5) is 27.6 Å². The van der Waals surface area contributed by atoms with E-state index in [1.807, 2.05) is 0 Å². The summed E-state index contributed by atoms with van der Waals surface area (Å²) in [6.07, 6.45) is -4.52. The summed E-state index contributed by atoms with van der Waals surface area (Å²) in [5, 5.41) is 11.5. The van der Waals surface area contributed by atoms with E-state index in [-0.39, 0.29) is 5.69 Å². The Balaban J connectivity index is 2.23. The lowest BCUT2D eigenvalue weighted by Crippen LogP contribution is -2.13. The minimum absolute atomic E-state index is 0.0259. The largest absolute Gasteiger partial charge is 0.504 e. The van der Waals surface area contributed by atoms with E-state index in [0.717, 1.165) is 24.3 Å². The molecule has 0 saturated heterocycles. The standard InChI is InChI=1S/C14H8F5NO2/c15-8-5-10(12(21)11(16)6-8)13(22)20-9-3-1-7(2-4-9)14(17,18)19/h1-6,21H,(H,20,22). The summed E-state index contributed by atoms with van der Waals surface area (Å²) in [7, 11) is 0. The van der Waals surface area contributed by atoms with Crippen LogP contribution >= 0.6 is 0 Å². The molecule has 0 aliphatic carbocycles. The van der Waals surface area contributed by atoms with Gasteiger partial charge in [0.05, 0.1) is 11.1 Å². The molecule has 0 radical (unpaired) electrons. The Hall–Kier alpha value is -2.64. The number of hydrogen-bond donors (Lipinski definition) is 2. The van der Waals surface area contributed by atoms with Gasteiger partial charge in [-0.05, 0) is 30.3 Å². The van der Waals surface area contributed by atoms with Crippen LogP contribution in [0.3, 0.4) is 0 Å². The fraction of sp³-hybridized carbons (Fsp3) is 0.0714. The van der Waals surface area contributed by atoms with E-state index in [9.17, 15) is 31.9 Å². The molecule has 0 fully saturated rings. The Bertz CT molecular complexity index is 710. The van der Waals surface area contributed by atoms with Crippen LogP contribution in [0.15, 0.2) is 36.4 Å². The van der Waals surface area contributed by atoms with Crippen molar-refractivity contribution in [1.82, 2.24) is 0 Å². The Labute approximate surface area is 121 Å². The van der Waals surface area contributed by atoms with Crippen molar-refractivity contribution in [2.45, 2.75) is 6.18 Å². The fourth-order valence-corrected chi connectivity index (χ4v) is 1.68. The van der Waals surface area contributed by atoms with Gasteiger partial charge in [-0.2, -0.15) is 13.2 Å². The maximum atomic E-state index is 13.1. The minimum Gasteiger partial charge on any atom is -0.504 e. The molecule has 2 aromatic rings. The van der Waals surface area contributed by atoms with E-state index >= 15 is 0 Å². The predicted molar refractivity (Wildman–Crippen MR) is 67.4 cm³/mol. The summed E-state index contributed by atoms with van der Waals surface area (Å²) >= 11 is 0. The molecule has 2 N–H and O–H groups in total. The number of nitrogens with one attached hydrogen (secondary N) is 1. The van der Waals surface area contributed by atoms with E-state index in [2.05, 4.69) is 5.32 Å². The van der Waals surface area contributed by atoms with Crippen molar-refractivity contribution in [1.29, 1.82) is 0 Å². The highest BCUT2D eigenvalue weighted by molar-refractivity contribution is 6.06. The number of rotatable bonds is 2. The van der Waals surface area contributed by atoms with Gasteiger partial charge >= 0.3 is 6.18 Å². The molecule has 22 heavy (non-hydrogen) atoms. The number of carbonyl (C=O) groups is 1. The zero-order valence-electron chi connectivity index (χ0n) is 10.7. The van der Waals surface area contributed by atoms with Crippen molar-refractivity contribution in [3.05, 3.63) is 59.2 Å². The van der Waals surface area contributed by atoms with Gasteiger partial charge in [0.25, 0.3) is 5.91 Å². The van der Waals surface area contributed by atoms with Crippen LogP contribution in [0.5, 0.6) is 5.75 Å². The number of aromatic hydroxyl groups is 1. The van der Waals surface area contributed by atoms with Gasteiger partial charge in [0.1, 0.15) is 5.82 Å². The Morgan fingerprint density at radius 2 is 1.64 bits per heavy atom. The van der Waals surface area contributed by atoms with Crippen molar-refractivity contribution >= 4 is 11.6 Å². The molecule has 0 aromatic heterocycles. The molecular weight excluding hydrogens is 309 g/mol. The highest BCUT2D eigenvalue weighted by Gasteiger charge is 2.30. The van der Waals surface area contributed by atoms with Crippen LogP contribution in [-0.4, -0.2) is 11.0 Å². The number of carbonyl (C=O) groups excluding carboxylic acids is 1. The summed E-state index contributed by atoms with van der Waals surface area (Å²) in [5.41, 5.74) is -1.61. The van der Waals surface area contributed by atoms with Crippen molar-refractivity contribution < 1.29 is 31.9 Å². The SMILES string of the molecule is O=C(Nc1ccc(C(F)(F)F)cc1)c1cc(F)cc(F)c1O. The second kappa shape index (κ2) is 5.63. The van der Waals surface area contributed by atoms with Gasteiger partial charge in [-0.15, -0.1) is 0 Å². The molecule has 1 amide bonds. The van der Waals surface area contributed by atoms with E-state index in [1.54, 1.807) is 0 Å². The summed E-state index contributed by atoms with van der Waals surface area (Å²) in [4.78, 5) is 11.8. The topological polar surface area (TPSA) is 49.3 Å². The maximum Gasteiger partial charge on any atom is 0.416 e. The lowest BCUT2D eigenvalue weighted by Gasteiger charge is -2.10. The summed E-state index contributed by atoms with van der Waals surface area (Å²) in [6, 6.07) is 4.44. The molecule has 0 bridgehead atoms. The van der Waals surface area contributed by atoms with Crippen molar-refractivity contribution in [3.63, 3.8) is 0 Å². The van der Waals surface area contributed by atoms with Crippen LogP contribution in [0, 0.1) is 11.6 Å². The van der Waals surface area contributed by atoms with Gasteiger partial charge in [0.15, 0.2) is 11.6 Å². The van der Waals surface area contributed by atoms with Crippen LogP contribution in [-0.2, 0) is 6.18 Å². The molecular formula is C14H8F5NO2. The first-order chi connectivity index (χ1) is 10.2. The minimum atomic E-state index is -4.52. The third-order valence-corrected chi connectivity index (χ3v) is 2.74. The molecule has 2 aromatic carbocycles. The third-order valence-electron chi connectivity index (χ3n) is 2.74. The van der Waals surface area contributed by atoms with Crippen LogP contribution < -0.4 is 5.32 Å². The first-order valence-electron chi connectivity index (χ1n) is 5.85. The van der Waals surface area contributed by atoms with Gasteiger partial charge in [-0.1, -0.05) is 0 Å². The predicted octanol–water partition coefficient (Wildman–Crippen LogP) is 3.94. The van der Waals surface area contributed by atoms with Crippen LogP contribution in [0.25, 0.3) is 0 Å². The number of alkyl halides is 3. The smallest absolute Gasteiger partial charge is 0.416 e. The first-order valence-corrected chi connectivity index (χ1v) is 5.85. The number of phenols is 1. The molecule has 116 valence electrons. The highest BCUT2D eigenvalue weighted by Crippen LogP contribution is 2.30. The normalized spacial score (nSPS) is 11.3. The van der Waals surface area contributed by atoms with E-state index < -0.39 is 40.6 Å². The maximum absolute atomic E-state index is 13.1. The lowest BCUT2D eigenvalue weighted by molar-refractivity contribution is -0.137. The molecule has 0 atom stereocenters. The quantitative estimate of drug-likeness (QED) is 0.824. The molecule has 0 aliphatic rings. The zero-order chi connectivity index (χ0) is 16.5. The molecule has 3 nitrogen and oxygen atoms in total. The molecule has 0 saturated carbocycles. The Kier molecular flexibility index (Phi) is 4.03. The van der Waals surface area contributed by atoms with Crippen molar-refractivity contribution in [2.75, 3.05) is 5.32 Å². The third kappa shape index (κ3) is 3.33. The van der Waals surface area contributed by atoms with Gasteiger partial charge < -0.3 is 10.4 Å². The molecule has 0 aliphatic heterocycles. The average molecular weight is 317 g/mol.